The van der Waals surface area contributed by atoms with Crippen LogP contribution in [0.15, 0.2) is 0 Å². The number of carbonyl (C=O) groups excluding carboxylic acids is 1. The molecule has 8 rings (SSSR count). The number of aliphatic hydroxyl groups excluding tert-OH is 9. The summed E-state index contributed by atoms with van der Waals surface area (Å²) >= 11 is 0. The molecule has 0 aromatic rings. The van der Waals surface area contributed by atoms with Crippen molar-refractivity contribution in [3.63, 3.8) is 0 Å². The smallest absolute Gasteiger partial charge is 0.187 e. The Bertz CT molecular complexity index is 1610. The van der Waals surface area contributed by atoms with Gasteiger partial charge in [-0.2, -0.15) is 0 Å². The molecule has 10 N–H and O–H groups in total. The van der Waals surface area contributed by atoms with Gasteiger partial charge in [0.1, 0.15) is 66.8 Å². The third kappa shape index (κ3) is 8.40. The quantitative estimate of drug-likeness (QED) is 0.117. The van der Waals surface area contributed by atoms with Crippen LogP contribution in [0.1, 0.15) is 99.3 Å². The summed E-state index contributed by atoms with van der Waals surface area (Å²) in [7, 11) is 0. The van der Waals surface area contributed by atoms with E-state index >= 15 is 0 Å². The molecule has 63 heavy (non-hydrogen) atoms. The molecule has 4 heterocycles. The second kappa shape index (κ2) is 18.1. The van der Waals surface area contributed by atoms with Crippen molar-refractivity contribution in [2.45, 2.75) is 209 Å². The molecule has 4 aliphatic heterocycles. The van der Waals surface area contributed by atoms with Crippen molar-refractivity contribution in [2.24, 2.45) is 52.3 Å². The Morgan fingerprint density at radius 3 is 2.08 bits per heavy atom. The molecule has 0 amide bonds. The predicted molar refractivity (Wildman–Crippen MR) is 217 cm³/mol. The first-order valence-corrected chi connectivity index (χ1v) is 23.5. The molecule has 8 aliphatic rings. The zero-order chi connectivity index (χ0) is 45.7. The Kier molecular flexibility index (Phi) is 14.0. The number of ether oxygens (including phenoxy) is 7. The standard InChI is InChI=1S/C45H74O18/c1-18(17-57-40-36(53)35(52)33(50)29(16-46)61-40)7-12-45(56)19(2)30-28(63-45)15-25-23-14-27(26-13-22(47)8-10-43(26,5)24(23)9-11-44(25,30)6)60-42-38(55)39(32(49)21(4)59-42)62-41-37(54)34(51)31(48)20(3)58-41/h18-21,23-42,46,48-56H,7-17H2,1-6H3/t18-,19+,20-,21+,23-,24+,25-,26-,27+,28+,29-,30+,31-,32+,33-,34+,35+,36-,37+,38+,39-,40-,41-,42-,43-,44+,45-/m1/s1. The number of Topliss-reactive ketones (excluding diaryl/α,β-unsaturated/α-hetero) is 1. The third-order valence-corrected chi connectivity index (χ3v) is 17.7. The number of rotatable bonds is 11. The molecule has 0 bridgehead atoms. The van der Waals surface area contributed by atoms with Crippen molar-refractivity contribution in [1.82, 2.24) is 0 Å². The minimum Gasteiger partial charge on any atom is -0.394 e. The van der Waals surface area contributed by atoms with Gasteiger partial charge in [0.15, 0.2) is 24.7 Å². The van der Waals surface area contributed by atoms with Crippen molar-refractivity contribution < 1.29 is 89.0 Å². The Hall–Kier alpha value is -1.01. The number of carbonyl (C=O) groups is 1. The number of hydrogen-bond donors (Lipinski definition) is 10. The van der Waals surface area contributed by atoms with E-state index in [0.717, 1.165) is 25.7 Å². The van der Waals surface area contributed by atoms with Gasteiger partial charge >= 0.3 is 0 Å². The lowest BCUT2D eigenvalue weighted by atomic mass is 9.43. The van der Waals surface area contributed by atoms with Gasteiger partial charge in [0, 0.05) is 25.2 Å². The zero-order valence-electron chi connectivity index (χ0n) is 37.4. The summed E-state index contributed by atoms with van der Waals surface area (Å²) in [5.74, 6) is -0.816. The highest BCUT2D eigenvalue weighted by molar-refractivity contribution is 5.79. The Labute approximate surface area is 369 Å². The van der Waals surface area contributed by atoms with Gasteiger partial charge in [-0.25, -0.2) is 0 Å². The average Bonchev–Trinajstić information content (AvgIpc) is 3.68. The molecule has 4 saturated carbocycles. The van der Waals surface area contributed by atoms with Crippen molar-refractivity contribution in [1.29, 1.82) is 0 Å². The van der Waals surface area contributed by atoms with Gasteiger partial charge in [-0.1, -0.05) is 27.7 Å². The molecule has 0 aromatic heterocycles. The molecular weight excluding hydrogens is 828 g/mol. The zero-order valence-corrected chi connectivity index (χ0v) is 37.4. The van der Waals surface area contributed by atoms with Gasteiger partial charge in [-0.05, 0) is 98.7 Å². The lowest BCUT2D eigenvalue weighted by Crippen LogP contribution is -2.64. The van der Waals surface area contributed by atoms with E-state index in [2.05, 4.69) is 20.8 Å². The molecule has 4 saturated heterocycles. The van der Waals surface area contributed by atoms with E-state index in [9.17, 15) is 55.9 Å². The average molecular weight is 903 g/mol. The van der Waals surface area contributed by atoms with Crippen LogP contribution in [0, 0.1) is 52.3 Å². The van der Waals surface area contributed by atoms with Crippen molar-refractivity contribution in [2.75, 3.05) is 13.2 Å². The Morgan fingerprint density at radius 2 is 1.38 bits per heavy atom. The highest BCUT2D eigenvalue weighted by Crippen LogP contribution is 2.71. The number of hydrogen-bond acceptors (Lipinski definition) is 18. The second-order valence-electron chi connectivity index (χ2n) is 21.4. The SMILES string of the molecule is C[C@H](CC[C@@]1(O)O[C@H]2C[C@@H]3[C@@H]4C[C@H](O[C@H]5O[C@@H](C)[C@H](O)[C@@H](O[C@H]6O[C@H](C)[C@@H](O)[C@H](O)[C@@H]6O)[C@@H]5O)[C@H]5CC(=O)CC[C@]5(C)[C@H]4CC[C@]3(C)[C@H]2[C@@H]1C)CO[C@@H]1O[C@H](CO)[C@@H](O)[C@H](O)[C@H]1O. The molecule has 0 spiro atoms. The molecule has 362 valence electrons. The minimum atomic E-state index is -1.65. The van der Waals surface area contributed by atoms with Gasteiger partial charge in [0.25, 0.3) is 0 Å². The number of ketones is 1. The van der Waals surface area contributed by atoms with Gasteiger partial charge < -0.3 is 84.2 Å². The van der Waals surface area contributed by atoms with Gasteiger partial charge in [-0.3, -0.25) is 4.79 Å². The summed E-state index contributed by atoms with van der Waals surface area (Å²) in [6, 6.07) is 0. The molecule has 18 nitrogen and oxygen atoms in total. The van der Waals surface area contributed by atoms with E-state index in [1.54, 1.807) is 6.92 Å². The van der Waals surface area contributed by atoms with Crippen LogP contribution in [-0.2, 0) is 38.0 Å². The van der Waals surface area contributed by atoms with Crippen molar-refractivity contribution in [3.05, 3.63) is 0 Å². The predicted octanol–water partition coefficient (Wildman–Crippen LogP) is -0.545. The van der Waals surface area contributed by atoms with Crippen molar-refractivity contribution >= 4 is 5.78 Å². The van der Waals surface area contributed by atoms with Crippen LogP contribution >= 0.6 is 0 Å². The third-order valence-electron chi connectivity index (χ3n) is 17.7. The summed E-state index contributed by atoms with van der Waals surface area (Å²) < 4.78 is 42.6. The van der Waals surface area contributed by atoms with Crippen molar-refractivity contribution in [3.8, 4) is 0 Å². The Morgan fingerprint density at radius 1 is 0.730 bits per heavy atom. The fourth-order valence-electron chi connectivity index (χ4n) is 13.9. The first-order valence-electron chi connectivity index (χ1n) is 23.5. The summed E-state index contributed by atoms with van der Waals surface area (Å²) in [5, 5.41) is 107. The van der Waals surface area contributed by atoms with Gasteiger partial charge in [-0.15, -0.1) is 0 Å². The second-order valence-corrected chi connectivity index (χ2v) is 21.4. The highest BCUT2D eigenvalue weighted by Gasteiger charge is 2.69. The maximum atomic E-state index is 13.2. The van der Waals surface area contributed by atoms with Crippen LogP contribution < -0.4 is 0 Å². The monoisotopic (exact) mass is 902 g/mol. The molecule has 27 atom stereocenters. The fourth-order valence-corrected chi connectivity index (χ4v) is 13.9. The Balaban J connectivity index is 0.946. The first-order chi connectivity index (χ1) is 29.6. The molecule has 0 aromatic carbocycles. The molecular formula is C45H74O18. The van der Waals surface area contributed by atoms with E-state index < -0.39 is 111 Å². The maximum Gasteiger partial charge on any atom is 0.187 e. The molecule has 8 fully saturated rings. The van der Waals surface area contributed by atoms with E-state index in [-0.39, 0.29) is 64.8 Å². The molecule has 0 unspecified atom stereocenters. The van der Waals surface area contributed by atoms with E-state index in [1.165, 1.54) is 6.92 Å². The van der Waals surface area contributed by atoms with Crippen LogP contribution in [0.2, 0.25) is 0 Å². The first kappa shape index (κ1) is 48.4. The van der Waals surface area contributed by atoms with Gasteiger partial charge in [0.2, 0.25) is 0 Å². The molecule has 4 aliphatic carbocycles. The van der Waals surface area contributed by atoms with Crippen LogP contribution in [0.3, 0.4) is 0 Å². The minimum absolute atomic E-state index is 0.0791. The van der Waals surface area contributed by atoms with E-state index in [1.807, 2.05) is 6.92 Å². The lowest BCUT2D eigenvalue weighted by molar-refractivity contribution is -0.362. The normalized spacial score (nSPS) is 56.3. The van der Waals surface area contributed by atoms with Crippen LogP contribution in [-0.4, -0.2) is 180 Å². The lowest BCUT2D eigenvalue weighted by Gasteiger charge is -2.62. The fraction of sp³-hybridized carbons (Fsp3) is 0.978. The van der Waals surface area contributed by atoms with Crippen LogP contribution in [0.5, 0.6) is 0 Å². The van der Waals surface area contributed by atoms with Crippen LogP contribution in [0.25, 0.3) is 0 Å². The molecule has 0 radical (unpaired) electrons. The van der Waals surface area contributed by atoms with E-state index in [0.29, 0.717) is 38.0 Å². The highest BCUT2D eigenvalue weighted by atomic mass is 16.7. The largest absolute Gasteiger partial charge is 0.394 e. The topological polar surface area (TPSA) is 284 Å². The molecule has 18 heteroatoms. The maximum absolute atomic E-state index is 13.2. The van der Waals surface area contributed by atoms with Crippen LogP contribution in [0.4, 0.5) is 0 Å². The summed E-state index contributed by atoms with van der Waals surface area (Å²) in [6.45, 7) is 11.4. The summed E-state index contributed by atoms with van der Waals surface area (Å²) in [5.41, 5.74) is -0.407. The van der Waals surface area contributed by atoms with E-state index in [4.69, 9.17) is 33.2 Å². The van der Waals surface area contributed by atoms with Gasteiger partial charge in [0.05, 0.1) is 37.6 Å². The summed E-state index contributed by atoms with van der Waals surface area (Å²) in [4.78, 5) is 13.2. The number of aliphatic hydroxyl groups is 10. The number of fused-ring (bicyclic) bond motifs is 7. The summed E-state index contributed by atoms with van der Waals surface area (Å²) in [6.07, 6.45) is -15.0.